The van der Waals surface area contributed by atoms with Gasteiger partial charge in [0.15, 0.2) is 5.69 Å². The van der Waals surface area contributed by atoms with Crippen molar-refractivity contribution in [2.24, 2.45) is 7.05 Å². The van der Waals surface area contributed by atoms with Gasteiger partial charge < -0.3 is 0 Å². The second-order valence-corrected chi connectivity index (χ2v) is 2.41. The van der Waals surface area contributed by atoms with E-state index in [1.165, 1.54) is 11.3 Å². The smallest absolute Gasteiger partial charge is 0.160 e. The number of hydrogen-bond donors (Lipinski definition) is 0. The molecule has 0 fully saturated rings. The normalized spacial score (nSPS) is 12.9. The lowest BCUT2D eigenvalue weighted by atomic mass is 10.1. The van der Waals surface area contributed by atoms with Gasteiger partial charge in [-0.25, -0.2) is 0 Å². The summed E-state index contributed by atoms with van der Waals surface area (Å²) in [6.07, 6.45) is 11.1. The standard InChI is InChI=1S/C9H8N/c1-10-7-6-8-4-2-3-5-9(8)10/h2,4-7H,1H3/q+1. The van der Waals surface area contributed by atoms with Crippen molar-refractivity contribution in [1.82, 2.24) is 4.57 Å². The van der Waals surface area contributed by atoms with Gasteiger partial charge in [0.25, 0.3) is 0 Å². The summed E-state index contributed by atoms with van der Waals surface area (Å²) in [5.74, 6) is 0. The molecule has 0 spiro atoms. The molecule has 1 aliphatic rings. The van der Waals surface area contributed by atoms with Crippen molar-refractivity contribution in [3.05, 3.63) is 35.7 Å². The number of aromatic nitrogens is 1. The predicted molar refractivity (Wildman–Crippen MR) is 42.2 cm³/mol. The minimum Gasteiger partial charge on any atom is -0.298 e. The molecule has 1 nitrogen and oxygen atoms in total. The summed E-state index contributed by atoms with van der Waals surface area (Å²) in [5.41, 5.74) is 2.52. The third-order valence-corrected chi connectivity index (χ3v) is 1.73. The summed E-state index contributed by atoms with van der Waals surface area (Å²) in [5, 5.41) is 0. The first-order valence-electron chi connectivity index (χ1n) is 3.29. The highest BCUT2D eigenvalue weighted by atomic mass is 14.9. The van der Waals surface area contributed by atoms with E-state index in [4.69, 9.17) is 0 Å². The van der Waals surface area contributed by atoms with Crippen molar-refractivity contribution in [2.75, 3.05) is 0 Å². The highest BCUT2D eigenvalue weighted by Crippen LogP contribution is 2.16. The molecule has 0 aromatic carbocycles. The fraction of sp³-hybridized carbons (Fsp3) is 0.111. The lowest BCUT2D eigenvalue weighted by Crippen LogP contribution is -1.90. The summed E-state index contributed by atoms with van der Waals surface area (Å²) >= 11 is 0. The fourth-order valence-electron chi connectivity index (χ4n) is 1.15. The SMILES string of the molecule is Cn1ccc2c1C=[C+]C=C2. The van der Waals surface area contributed by atoms with E-state index in [0.717, 1.165) is 0 Å². The maximum absolute atomic E-state index is 3.04. The van der Waals surface area contributed by atoms with Crippen LogP contribution >= 0.6 is 0 Å². The highest BCUT2D eigenvalue weighted by Gasteiger charge is 2.11. The van der Waals surface area contributed by atoms with Crippen LogP contribution in [0.5, 0.6) is 0 Å². The van der Waals surface area contributed by atoms with E-state index in [9.17, 15) is 0 Å². The molecule has 1 aromatic rings. The summed E-state index contributed by atoms with van der Waals surface area (Å²) < 4.78 is 2.09. The first-order chi connectivity index (χ1) is 4.88. The maximum Gasteiger partial charge on any atom is 0.160 e. The zero-order chi connectivity index (χ0) is 6.97. The molecule has 1 heteroatoms. The van der Waals surface area contributed by atoms with Gasteiger partial charge in [-0.2, -0.15) is 0 Å². The van der Waals surface area contributed by atoms with Gasteiger partial charge in [-0.3, -0.25) is 4.57 Å². The molecule has 10 heavy (non-hydrogen) atoms. The Hall–Kier alpha value is -1.33. The molecular weight excluding hydrogens is 122 g/mol. The van der Waals surface area contributed by atoms with Gasteiger partial charge in [-0.1, -0.05) is 0 Å². The maximum atomic E-state index is 3.04. The van der Waals surface area contributed by atoms with Crippen molar-refractivity contribution < 1.29 is 0 Å². The Bertz CT molecular complexity index is 303. The van der Waals surface area contributed by atoms with Crippen LogP contribution in [-0.2, 0) is 7.05 Å². The summed E-state index contributed by atoms with van der Waals surface area (Å²) in [6, 6.07) is 2.10. The lowest BCUT2D eigenvalue weighted by Gasteiger charge is -1.91. The quantitative estimate of drug-likeness (QED) is 0.472. The Morgan fingerprint density at radius 2 is 2.40 bits per heavy atom. The van der Waals surface area contributed by atoms with Crippen molar-refractivity contribution >= 4 is 12.2 Å². The third-order valence-electron chi connectivity index (χ3n) is 1.73. The summed E-state index contributed by atoms with van der Waals surface area (Å²) in [4.78, 5) is 0. The molecule has 0 aliphatic heterocycles. The van der Waals surface area contributed by atoms with E-state index < -0.39 is 0 Å². The topological polar surface area (TPSA) is 4.93 Å². The molecule has 0 saturated carbocycles. The van der Waals surface area contributed by atoms with Crippen LogP contribution in [0.4, 0.5) is 0 Å². The molecule has 0 saturated heterocycles. The van der Waals surface area contributed by atoms with Crippen LogP contribution in [-0.4, -0.2) is 4.57 Å². The average Bonchev–Trinajstić information content (AvgIpc) is 2.34. The number of fused-ring (bicyclic) bond motifs is 1. The van der Waals surface area contributed by atoms with Crippen LogP contribution in [0, 0.1) is 6.08 Å². The number of allylic oxidation sites excluding steroid dienone is 2. The van der Waals surface area contributed by atoms with Crippen molar-refractivity contribution in [2.45, 2.75) is 0 Å². The number of hydrogen-bond acceptors (Lipinski definition) is 0. The fourth-order valence-corrected chi connectivity index (χ4v) is 1.15. The third kappa shape index (κ3) is 0.615. The van der Waals surface area contributed by atoms with Crippen molar-refractivity contribution in [3.63, 3.8) is 0 Å². The molecule has 0 atom stereocenters. The molecule has 0 N–H and O–H groups in total. The minimum atomic E-state index is 1.24. The van der Waals surface area contributed by atoms with Gasteiger partial charge in [0.2, 0.25) is 0 Å². The molecule has 2 rings (SSSR count). The Morgan fingerprint density at radius 1 is 1.50 bits per heavy atom. The molecular formula is C9H8N+. The van der Waals surface area contributed by atoms with E-state index in [1.807, 2.05) is 19.2 Å². The first kappa shape index (κ1) is 5.45. The molecule has 1 heterocycles. The number of aryl methyl sites for hydroxylation is 1. The second kappa shape index (κ2) is 1.83. The van der Waals surface area contributed by atoms with E-state index in [0.29, 0.717) is 0 Å². The monoisotopic (exact) mass is 130 g/mol. The van der Waals surface area contributed by atoms with E-state index in [-0.39, 0.29) is 0 Å². The molecule has 0 unspecified atom stereocenters. The van der Waals surface area contributed by atoms with Crippen LogP contribution in [0.25, 0.3) is 12.2 Å². The van der Waals surface area contributed by atoms with E-state index >= 15 is 0 Å². The van der Waals surface area contributed by atoms with E-state index in [1.54, 1.807) is 0 Å². The molecule has 0 amide bonds. The van der Waals surface area contributed by atoms with Crippen LogP contribution in [0.2, 0.25) is 0 Å². The van der Waals surface area contributed by atoms with Gasteiger partial charge in [0, 0.05) is 19.3 Å². The zero-order valence-electron chi connectivity index (χ0n) is 5.83. The van der Waals surface area contributed by atoms with Crippen molar-refractivity contribution in [3.8, 4) is 0 Å². The van der Waals surface area contributed by atoms with Crippen molar-refractivity contribution in [1.29, 1.82) is 0 Å². The number of rotatable bonds is 0. The molecule has 1 aliphatic carbocycles. The second-order valence-electron chi connectivity index (χ2n) is 2.41. The summed E-state index contributed by atoms with van der Waals surface area (Å²) in [6.45, 7) is 0. The largest absolute Gasteiger partial charge is 0.298 e. The van der Waals surface area contributed by atoms with Gasteiger partial charge >= 0.3 is 0 Å². The zero-order valence-corrected chi connectivity index (χ0v) is 5.83. The van der Waals surface area contributed by atoms with Crippen LogP contribution in [0.15, 0.2) is 18.3 Å². The van der Waals surface area contributed by atoms with Gasteiger partial charge in [-0.15, -0.1) is 0 Å². The average molecular weight is 130 g/mol. The van der Waals surface area contributed by atoms with Gasteiger partial charge in [0.05, 0.1) is 6.08 Å². The Balaban J connectivity index is 2.69. The van der Waals surface area contributed by atoms with Gasteiger partial charge in [-0.05, 0) is 6.07 Å². The Kier molecular flexibility index (Phi) is 0.996. The molecule has 1 aromatic heterocycles. The number of nitrogens with zero attached hydrogens (tertiary/aromatic N) is 1. The van der Waals surface area contributed by atoms with Gasteiger partial charge in [0.1, 0.15) is 17.7 Å². The molecule has 0 radical (unpaired) electrons. The Morgan fingerprint density at radius 3 is 3.20 bits per heavy atom. The molecule has 48 valence electrons. The van der Waals surface area contributed by atoms with Crippen LogP contribution in [0.3, 0.4) is 0 Å². The summed E-state index contributed by atoms with van der Waals surface area (Å²) in [7, 11) is 2.04. The first-order valence-corrected chi connectivity index (χ1v) is 3.29. The highest BCUT2D eigenvalue weighted by molar-refractivity contribution is 5.67. The molecule has 0 bridgehead atoms. The predicted octanol–water partition coefficient (Wildman–Crippen LogP) is 1.87. The van der Waals surface area contributed by atoms with E-state index in [2.05, 4.69) is 29.0 Å². The Labute approximate surface area is 60.3 Å². The van der Waals surface area contributed by atoms with Crippen LogP contribution in [0.1, 0.15) is 11.3 Å². The lowest BCUT2D eigenvalue weighted by molar-refractivity contribution is 0.913. The van der Waals surface area contributed by atoms with Crippen LogP contribution < -0.4 is 0 Å². The minimum absolute atomic E-state index is 1.24.